The molecule has 0 heterocycles. The normalized spacial score (nSPS) is 8.67. The van der Waals surface area contributed by atoms with Crippen LogP contribution >= 0.6 is 0 Å². The fourth-order valence-electron chi connectivity index (χ4n) is 0.604. The van der Waals surface area contributed by atoms with Crippen LogP contribution in [0.2, 0.25) is 0 Å². The first-order valence-electron chi connectivity index (χ1n) is 3.62. The van der Waals surface area contributed by atoms with Crippen molar-refractivity contribution in [1.82, 2.24) is 11.5 Å². The van der Waals surface area contributed by atoms with Crippen molar-refractivity contribution < 1.29 is 0 Å². The third kappa shape index (κ3) is 11.5. The first-order valence-corrected chi connectivity index (χ1v) is 3.62. The van der Waals surface area contributed by atoms with E-state index in [0.717, 1.165) is 0 Å². The van der Waals surface area contributed by atoms with E-state index in [1.54, 1.807) is 0 Å². The van der Waals surface area contributed by atoms with Gasteiger partial charge in [-0.15, -0.1) is 0 Å². The lowest BCUT2D eigenvalue weighted by molar-refractivity contribution is 0.633. The molecule has 58 valence electrons. The van der Waals surface area contributed by atoms with Crippen molar-refractivity contribution in [3.8, 4) is 0 Å². The summed E-state index contributed by atoms with van der Waals surface area (Å²) in [6, 6.07) is 0. The summed E-state index contributed by atoms with van der Waals surface area (Å²) < 4.78 is 0. The van der Waals surface area contributed by atoms with Gasteiger partial charge in [-0.25, -0.2) is 0 Å². The van der Waals surface area contributed by atoms with E-state index in [9.17, 15) is 0 Å². The van der Waals surface area contributed by atoms with Gasteiger partial charge in [-0.3, -0.25) is 0 Å². The molecule has 0 aliphatic heterocycles. The Morgan fingerprint density at radius 1 is 1.00 bits per heavy atom. The second kappa shape index (κ2) is 10.8. The van der Waals surface area contributed by atoms with Gasteiger partial charge >= 0.3 is 0 Å². The van der Waals surface area contributed by atoms with Crippen LogP contribution in [0.25, 0.3) is 0 Å². The van der Waals surface area contributed by atoms with Crippen LogP contribution in [0.4, 0.5) is 0 Å². The van der Waals surface area contributed by atoms with E-state index in [-0.39, 0.29) is 6.15 Å². The Labute approximate surface area is 58.6 Å². The van der Waals surface area contributed by atoms with Crippen LogP contribution in [0.1, 0.15) is 33.1 Å². The average molecular weight is 132 g/mol. The van der Waals surface area contributed by atoms with Crippen LogP contribution in [0, 0.1) is 0 Å². The Bertz CT molecular complexity index is 31.9. The van der Waals surface area contributed by atoms with Crippen molar-refractivity contribution in [3.63, 3.8) is 0 Å². The number of unbranched alkanes of at least 4 members (excludes halogenated alkanes) is 1. The molecule has 0 amide bonds. The largest absolute Gasteiger partial charge is 0.344 e. The minimum atomic E-state index is 0. The average Bonchev–Trinajstić information content (AvgIpc) is 1.81. The Morgan fingerprint density at radius 2 is 1.67 bits per heavy atom. The maximum atomic E-state index is 3.34. The fraction of sp³-hybridized carbons (Fsp3) is 1.00. The highest BCUT2D eigenvalue weighted by atomic mass is 14.8. The molecule has 0 aromatic rings. The van der Waals surface area contributed by atoms with Gasteiger partial charge in [0.05, 0.1) is 0 Å². The minimum absolute atomic E-state index is 0. The third-order valence-corrected chi connectivity index (χ3v) is 1.13. The maximum Gasteiger partial charge on any atom is -0.00490 e. The zero-order valence-corrected chi connectivity index (χ0v) is 6.74. The Balaban J connectivity index is 0. The predicted molar refractivity (Wildman–Crippen MR) is 43.1 cm³/mol. The highest BCUT2D eigenvalue weighted by molar-refractivity contribution is 4.43. The van der Waals surface area contributed by atoms with Crippen molar-refractivity contribution in [2.45, 2.75) is 33.1 Å². The van der Waals surface area contributed by atoms with Crippen LogP contribution in [-0.2, 0) is 0 Å². The van der Waals surface area contributed by atoms with Gasteiger partial charge in [-0.05, 0) is 25.9 Å². The Morgan fingerprint density at radius 3 is 2.11 bits per heavy atom. The Hall–Kier alpha value is -0.0800. The lowest BCUT2D eigenvalue weighted by atomic mass is 10.3. The van der Waals surface area contributed by atoms with Gasteiger partial charge in [0, 0.05) is 0 Å². The molecule has 4 N–H and O–H groups in total. The summed E-state index contributed by atoms with van der Waals surface area (Å²) in [7, 11) is 0. The van der Waals surface area contributed by atoms with E-state index in [1.165, 1.54) is 32.4 Å². The first-order chi connectivity index (χ1) is 3.91. The number of rotatable bonds is 5. The van der Waals surface area contributed by atoms with Gasteiger partial charge in [-0.2, -0.15) is 0 Å². The molecule has 0 unspecified atom stereocenters. The SMILES string of the molecule is CCCCNCCC.N. The van der Waals surface area contributed by atoms with Gasteiger partial charge in [0.15, 0.2) is 0 Å². The smallest absolute Gasteiger partial charge is 0.00490 e. The standard InChI is InChI=1S/C7H17N.H3N/c1-3-5-7-8-6-4-2;/h8H,3-7H2,1-2H3;1H3. The summed E-state index contributed by atoms with van der Waals surface area (Å²) in [6.45, 7) is 6.79. The predicted octanol–water partition coefficient (Wildman–Crippen LogP) is 1.95. The number of nitrogens with one attached hydrogen (secondary N) is 1. The quantitative estimate of drug-likeness (QED) is 0.562. The van der Waals surface area contributed by atoms with Gasteiger partial charge in [0.1, 0.15) is 0 Å². The topological polar surface area (TPSA) is 47.0 Å². The van der Waals surface area contributed by atoms with E-state index < -0.39 is 0 Å². The lowest BCUT2D eigenvalue weighted by Gasteiger charge is -1.98. The zero-order valence-electron chi connectivity index (χ0n) is 6.74. The van der Waals surface area contributed by atoms with Crippen molar-refractivity contribution in [1.29, 1.82) is 0 Å². The molecule has 9 heavy (non-hydrogen) atoms. The molecule has 0 fully saturated rings. The second-order valence-corrected chi connectivity index (χ2v) is 2.10. The molecular formula is C7H20N2. The first kappa shape index (κ1) is 11.7. The van der Waals surface area contributed by atoms with Crippen LogP contribution in [-0.4, -0.2) is 13.1 Å². The van der Waals surface area contributed by atoms with E-state index in [0.29, 0.717) is 0 Å². The summed E-state index contributed by atoms with van der Waals surface area (Å²) in [5.74, 6) is 0. The molecule has 0 saturated heterocycles. The van der Waals surface area contributed by atoms with E-state index in [2.05, 4.69) is 19.2 Å². The van der Waals surface area contributed by atoms with Gasteiger partial charge < -0.3 is 11.5 Å². The van der Waals surface area contributed by atoms with Crippen molar-refractivity contribution in [2.24, 2.45) is 0 Å². The molecule has 2 nitrogen and oxygen atoms in total. The highest BCUT2D eigenvalue weighted by Crippen LogP contribution is 1.81. The molecule has 0 aliphatic carbocycles. The van der Waals surface area contributed by atoms with Crippen LogP contribution in [0.3, 0.4) is 0 Å². The van der Waals surface area contributed by atoms with Gasteiger partial charge in [0.2, 0.25) is 0 Å². The minimum Gasteiger partial charge on any atom is -0.344 e. The number of hydrogen-bond donors (Lipinski definition) is 2. The van der Waals surface area contributed by atoms with Gasteiger partial charge in [-0.1, -0.05) is 20.3 Å². The van der Waals surface area contributed by atoms with E-state index in [1.807, 2.05) is 0 Å². The number of hydrogen-bond acceptors (Lipinski definition) is 2. The van der Waals surface area contributed by atoms with Crippen molar-refractivity contribution in [3.05, 3.63) is 0 Å². The van der Waals surface area contributed by atoms with Gasteiger partial charge in [0.25, 0.3) is 0 Å². The van der Waals surface area contributed by atoms with E-state index in [4.69, 9.17) is 0 Å². The molecule has 0 rings (SSSR count). The Kier molecular flexibility index (Phi) is 14.0. The molecule has 0 atom stereocenters. The lowest BCUT2D eigenvalue weighted by Crippen LogP contribution is -2.15. The molecule has 0 aromatic carbocycles. The second-order valence-electron chi connectivity index (χ2n) is 2.10. The van der Waals surface area contributed by atoms with Crippen LogP contribution in [0.15, 0.2) is 0 Å². The van der Waals surface area contributed by atoms with Crippen LogP contribution in [0.5, 0.6) is 0 Å². The van der Waals surface area contributed by atoms with Crippen molar-refractivity contribution >= 4 is 0 Å². The molecule has 0 saturated carbocycles. The molecule has 0 radical (unpaired) electrons. The summed E-state index contributed by atoms with van der Waals surface area (Å²) in [6.07, 6.45) is 3.88. The summed E-state index contributed by atoms with van der Waals surface area (Å²) in [4.78, 5) is 0. The molecule has 0 aromatic heterocycles. The molecule has 0 bridgehead atoms. The maximum absolute atomic E-state index is 3.34. The zero-order chi connectivity index (χ0) is 6.24. The molecule has 2 heteroatoms. The van der Waals surface area contributed by atoms with Crippen LogP contribution < -0.4 is 11.5 Å². The van der Waals surface area contributed by atoms with Crippen molar-refractivity contribution in [2.75, 3.05) is 13.1 Å². The summed E-state index contributed by atoms with van der Waals surface area (Å²) in [5, 5.41) is 3.34. The molecule has 0 spiro atoms. The van der Waals surface area contributed by atoms with E-state index >= 15 is 0 Å². The fourth-order valence-corrected chi connectivity index (χ4v) is 0.604. The summed E-state index contributed by atoms with van der Waals surface area (Å²) >= 11 is 0. The third-order valence-electron chi connectivity index (χ3n) is 1.13. The highest BCUT2D eigenvalue weighted by Gasteiger charge is 1.80. The molecule has 0 aliphatic rings. The monoisotopic (exact) mass is 132 g/mol. The summed E-state index contributed by atoms with van der Waals surface area (Å²) in [5.41, 5.74) is 0. The molecular weight excluding hydrogens is 112 g/mol.